The van der Waals surface area contributed by atoms with E-state index in [4.69, 9.17) is 22.1 Å². The van der Waals surface area contributed by atoms with Gasteiger partial charge in [0.2, 0.25) is 0 Å². The van der Waals surface area contributed by atoms with E-state index in [0.29, 0.717) is 23.0 Å². The van der Waals surface area contributed by atoms with Crippen molar-refractivity contribution in [3.05, 3.63) is 58.6 Å². The smallest absolute Gasteiger partial charge is 0.262 e. The summed E-state index contributed by atoms with van der Waals surface area (Å²) >= 11 is 6.06. The topological polar surface area (TPSA) is 64.3 Å². The molecule has 1 amide bonds. The van der Waals surface area contributed by atoms with E-state index in [9.17, 15) is 4.79 Å². The zero-order valence-electron chi connectivity index (χ0n) is 11.7. The average molecular weight is 305 g/mol. The van der Waals surface area contributed by atoms with Gasteiger partial charge in [0.1, 0.15) is 5.75 Å². The summed E-state index contributed by atoms with van der Waals surface area (Å²) in [6.45, 7) is 2.28. The SMILES string of the molecule is Cc1ccc(NC(=O)COc2cccc(CN)c2)c(Cl)c1. The van der Waals surface area contributed by atoms with Crippen molar-refractivity contribution in [3.8, 4) is 5.75 Å². The predicted octanol–water partition coefficient (Wildman–Crippen LogP) is 3.12. The van der Waals surface area contributed by atoms with Gasteiger partial charge < -0.3 is 15.8 Å². The van der Waals surface area contributed by atoms with Gasteiger partial charge in [-0.15, -0.1) is 0 Å². The van der Waals surface area contributed by atoms with E-state index in [-0.39, 0.29) is 12.5 Å². The Hall–Kier alpha value is -2.04. The van der Waals surface area contributed by atoms with Crippen LogP contribution in [-0.4, -0.2) is 12.5 Å². The van der Waals surface area contributed by atoms with E-state index < -0.39 is 0 Å². The van der Waals surface area contributed by atoms with Gasteiger partial charge in [-0.25, -0.2) is 0 Å². The third kappa shape index (κ3) is 4.48. The number of aryl methyl sites for hydroxylation is 1. The van der Waals surface area contributed by atoms with Crippen molar-refractivity contribution < 1.29 is 9.53 Å². The van der Waals surface area contributed by atoms with Gasteiger partial charge in [-0.05, 0) is 42.3 Å². The van der Waals surface area contributed by atoms with Crippen LogP contribution in [-0.2, 0) is 11.3 Å². The van der Waals surface area contributed by atoms with Crippen LogP contribution in [0.2, 0.25) is 5.02 Å². The van der Waals surface area contributed by atoms with Crippen LogP contribution in [0.1, 0.15) is 11.1 Å². The summed E-state index contributed by atoms with van der Waals surface area (Å²) in [5.74, 6) is 0.349. The molecule has 2 aromatic rings. The van der Waals surface area contributed by atoms with Gasteiger partial charge in [-0.1, -0.05) is 29.8 Å². The Kier molecular flexibility index (Phi) is 5.20. The standard InChI is InChI=1S/C16H17ClN2O2/c1-11-5-6-15(14(17)7-11)19-16(20)10-21-13-4-2-3-12(8-13)9-18/h2-8H,9-10,18H2,1H3,(H,19,20). The summed E-state index contributed by atoms with van der Waals surface area (Å²) in [4.78, 5) is 11.9. The van der Waals surface area contributed by atoms with Crippen LogP contribution in [0.5, 0.6) is 5.75 Å². The monoisotopic (exact) mass is 304 g/mol. The lowest BCUT2D eigenvalue weighted by molar-refractivity contribution is -0.118. The molecule has 0 saturated carbocycles. The normalized spacial score (nSPS) is 10.2. The molecule has 0 aliphatic rings. The maximum absolute atomic E-state index is 11.9. The number of rotatable bonds is 5. The van der Waals surface area contributed by atoms with Crippen molar-refractivity contribution in [2.24, 2.45) is 5.73 Å². The zero-order valence-corrected chi connectivity index (χ0v) is 12.5. The molecule has 0 aliphatic carbocycles. The van der Waals surface area contributed by atoms with Crippen LogP contribution in [0, 0.1) is 6.92 Å². The number of ether oxygens (including phenoxy) is 1. The summed E-state index contributed by atoms with van der Waals surface area (Å²) in [5, 5.41) is 3.22. The number of carbonyl (C=O) groups is 1. The van der Waals surface area contributed by atoms with E-state index in [0.717, 1.165) is 11.1 Å². The maximum Gasteiger partial charge on any atom is 0.262 e. The molecule has 2 aromatic carbocycles. The van der Waals surface area contributed by atoms with Crippen molar-refractivity contribution in [2.75, 3.05) is 11.9 Å². The molecule has 0 atom stereocenters. The minimum Gasteiger partial charge on any atom is -0.484 e. The Balaban J connectivity index is 1.92. The van der Waals surface area contributed by atoms with Crippen LogP contribution < -0.4 is 15.8 Å². The fourth-order valence-corrected chi connectivity index (χ4v) is 2.10. The van der Waals surface area contributed by atoms with Gasteiger partial charge >= 0.3 is 0 Å². The summed E-state index contributed by atoms with van der Waals surface area (Å²) in [6, 6.07) is 12.8. The maximum atomic E-state index is 11.9. The lowest BCUT2D eigenvalue weighted by Crippen LogP contribution is -2.20. The molecule has 0 aliphatic heterocycles. The van der Waals surface area contributed by atoms with Crippen molar-refractivity contribution in [3.63, 3.8) is 0 Å². The minimum atomic E-state index is -0.265. The number of benzene rings is 2. The third-order valence-electron chi connectivity index (χ3n) is 2.90. The van der Waals surface area contributed by atoms with Gasteiger partial charge in [-0.3, -0.25) is 4.79 Å². The quantitative estimate of drug-likeness (QED) is 0.892. The van der Waals surface area contributed by atoms with E-state index in [2.05, 4.69) is 5.32 Å². The molecule has 0 bridgehead atoms. The number of carbonyl (C=O) groups excluding carboxylic acids is 1. The van der Waals surface area contributed by atoms with Crippen LogP contribution in [0.15, 0.2) is 42.5 Å². The Morgan fingerprint density at radius 3 is 2.81 bits per heavy atom. The van der Waals surface area contributed by atoms with Crippen LogP contribution in [0.4, 0.5) is 5.69 Å². The predicted molar refractivity (Wildman–Crippen MR) is 84.6 cm³/mol. The molecule has 110 valence electrons. The number of nitrogens with one attached hydrogen (secondary N) is 1. The zero-order chi connectivity index (χ0) is 15.2. The second-order valence-corrected chi connectivity index (χ2v) is 5.08. The molecule has 0 saturated heterocycles. The van der Waals surface area contributed by atoms with E-state index in [1.54, 1.807) is 18.2 Å². The first-order valence-electron chi connectivity index (χ1n) is 6.56. The highest BCUT2D eigenvalue weighted by molar-refractivity contribution is 6.33. The number of halogens is 1. The second kappa shape index (κ2) is 7.11. The number of hydrogen-bond acceptors (Lipinski definition) is 3. The van der Waals surface area contributed by atoms with Gasteiger partial charge in [-0.2, -0.15) is 0 Å². The average Bonchev–Trinajstić information content (AvgIpc) is 2.48. The fraction of sp³-hybridized carbons (Fsp3) is 0.188. The molecule has 5 heteroatoms. The van der Waals surface area contributed by atoms with Crippen molar-refractivity contribution in [1.29, 1.82) is 0 Å². The minimum absolute atomic E-state index is 0.0851. The molecular formula is C16H17ClN2O2. The first-order chi connectivity index (χ1) is 10.1. The molecule has 0 heterocycles. The number of anilines is 1. The molecule has 3 N–H and O–H groups in total. The molecule has 2 rings (SSSR count). The summed E-state index contributed by atoms with van der Waals surface area (Å²) in [5.41, 5.74) is 8.12. The van der Waals surface area contributed by atoms with Crippen molar-refractivity contribution in [2.45, 2.75) is 13.5 Å². The molecule has 0 fully saturated rings. The molecule has 0 unspecified atom stereocenters. The first-order valence-corrected chi connectivity index (χ1v) is 6.94. The highest BCUT2D eigenvalue weighted by atomic mass is 35.5. The number of amides is 1. The Bertz CT molecular complexity index is 644. The largest absolute Gasteiger partial charge is 0.484 e. The molecular weight excluding hydrogens is 288 g/mol. The third-order valence-corrected chi connectivity index (χ3v) is 3.22. The van der Waals surface area contributed by atoms with Gasteiger partial charge in [0.15, 0.2) is 6.61 Å². The fourth-order valence-electron chi connectivity index (χ4n) is 1.82. The van der Waals surface area contributed by atoms with E-state index >= 15 is 0 Å². The summed E-state index contributed by atoms with van der Waals surface area (Å²) in [7, 11) is 0. The summed E-state index contributed by atoms with van der Waals surface area (Å²) in [6.07, 6.45) is 0. The van der Waals surface area contributed by atoms with Crippen LogP contribution >= 0.6 is 11.6 Å². The highest BCUT2D eigenvalue weighted by Gasteiger charge is 2.07. The van der Waals surface area contributed by atoms with Crippen molar-refractivity contribution in [1.82, 2.24) is 0 Å². The summed E-state index contributed by atoms with van der Waals surface area (Å²) < 4.78 is 5.44. The Labute approximate surface area is 128 Å². The highest BCUT2D eigenvalue weighted by Crippen LogP contribution is 2.22. The lowest BCUT2D eigenvalue weighted by atomic mass is 10.2. The lowest BCUT2D eigenvalue weighted by Gasteiger charge is -2.10. The van der Waals surface area contributed by atoms with Crippen LogP contribution in [0.25, 0.3) is 0 Å². The number of hydrogen-bond donors (Lipinski definition) is 2. The second-order valence-electron chi connectivity index (χ2n) is 4.67. The molecule has 0 aromatic heterocycles. The van der Waals surface area contributed by atoms with Crippen LogP contribution in [0.3, 0.4) is 0 Å². The van der Waals surface area contributed by atoms with E-state index in [1.165, 1.54) is 0 Å². The molecule has 4 nitrogen and oxygen atoms in total. The first kappa shape index (κ1) is 15.4. The van der Waals surface area contributed by atoms with Gasteiger partial charge in [0.25, 0.3) is 5.91 Å². The molecule has 0 spiro atoms. The van der Waals surface area contributed by atoms with Crippen molar-refractivity contribution >= 4 is 23.2 Å². The number of nitrogens with two attached hydrogens (primary N) is 1. The van der Waals surface area contributed by atoms with Gasteiger partial charge in [0, 0.05) is 6.54 Å². The Morgan fingerprint density at radius 2 is 2.10 bits per heavy atom. The van der Waals surface area contributed by atoms with E-state index in [1.807, 2.05) is 31.2 Å². The van der Waals surface area contributed by atoms with Gasteiger partial charge in [0.05, 0.1) is 10.7 Å². The molecule has 21 heavy (non-hydrogen) atoms. The molecule has 0 radical (unpaired) electrons. The Morgan fingerprint density at radius 1 is 1.29 bits per heavy atom.